The van der Waals surface area contributed by atoms with Crippen LogP contribution >= 0.6 is 11.3 Å². The zero-order valence-electron chi connectivity index (χ0n) is 17.3. The quantitative estimate of drug-likeness (QED) is 0.759. The molecule has 2 aliphatic rings. The van der Waals surface area contributed by atoms with Crippen molar-refractivity contribution in [3.8, 4) is 0 Å². The van der Waals surface area contributed by atoms with E-state index in [2.05, 4.69) is 20.2 Å². The van der Waals surface area contributed by atoms with Crippen LogP contribution in [0.25, 0.3) is 0 Å². The number of aromatic nitrogens is 1. The highest BCUT2D eigenvalue weighted by molar-refractivity contribution is 7.09. The number of carbonyl (C=O) groups excluding carboxylic acids is 1. The van der Waals surface area contributed by atoms with Gasteiger partial charge in [0.25, 0.3) is 0 Å². The van der Waals surface area contributed by atoms with Gasteiger partial charge >= 0.3 is 0 Å². The lowest BCUT2D eigenvalue weighted by Gasteiger charge is -2.35. The molecule has 0 bridgehead atoms. The van der Waals surface area contributed by atoms with Gasteiger partial charge in [0.05, 0.1) is 23.2 Å². The van der Waals surface area contributed by atoms with E-state index >= 15 is 0 Å². The van der Waals surface area contributed by atoms with Crippen LogP contribution in [0.4, 0.5) is 4.39 Å². The number of aryl methyl sites for hydroxylation is 1. The first-order valence-corrected chi connectivity index (χ1v) is 11.4. The Hall–Kier alpha value is -1.87. The third kappa shape index (κ3) is 4.88. The van der Waals surface area contributed by atoms with E-state index in [9.17, 15) is 9.18 Å². The van der Waals surface area contributed by atoms with Crippen molar-refractivity contribution in [2.24, 2.45) is 5.92 Å². The van der Waals surface area contributed by atoms with Gasteiger partial charge in [0, 0.05) is 57.2 Å². The highest BCUT2D eigenvalue weighted by Crippen LogP contribution is 2.37. The Labute approximate surface area is 180 Å². The Balaban J connectivity index is 1.46. The summed E-state index contributed by atoms with van der Waals surface area (Å²) in [6, 6.07) is 6.74. The number of carbonyl (C=O) groups is 1. The first kappa shape index (κ1) is 21.4. The third-order valence-corrected chi connectivity index (χ3v) is 6.96. The first-order chi connectivity index (χ1) is 14.5. The molecule has 0 radical (unpaired) electrons. The van der Waals surface area contributed by atoms with E-state index in [1.807, 2.05) is 24.0 Å². The van der Waals surface area contributed by atoms with Crippen molar-refractivity contribution in [3.05, 3.63) is 51.7 Å². The minimum atomic E-state index is -0.244. The fraction of sp³-hybridized carbons (Fsp3) is 0.545. The number of β-amino-alcohol motifs (C(OH)–C–C–N with tert-alkyl or cyclic N) is 1. The second-order valence-corrected chi connectivity index (χ2v) is 9.24. The van der Waals surface area contributed by atoms with Crippen LogP contribution in [-0.4, -0.2) is 76.6 Å². The predicted molar refractivity (Wildman–Crippen MR) is 115 cm³/mol. The van der Waals surface area contributed by atoms with Gasteiger partial charge in [-0.25, -0.2) is 9.37 Å². The zero-order chi connectivity index (χ0) is 21.1. The number of hydrogen-bond acceptors (Lipinski definition) is 6. The first-order valence-electron chi connectivity index (χ1n) is 10.6. The summed E-state index contributed by atoms with van der Waals surface area (Å²) in [6.45, 7) is 7.24. The normalized spacial score (nSPS) is 23.2. The molecular weight excluding hydrogens is 403 g/mol. The molecule has 0 aliphatic carbocycles. The molecule has 2 atom stereocenters. The van der Waals surface area contributed by atoms with Crippen molar-refractivity contribution in [2.45, 2.75) is 25.9 Å². The Morgan fingerprint density at radius 2 is 1.97 bits per heavy atom. The molecule has 30 heavy (non-hydrogen) atoms. The molecule has 3 heterocycles. The number of piperazine rings is 1. The van der Waals surface area contributed by atoms with Gasteiger partial charge in [-0.15, -0.1) is 11.3 Å². The lowest BCUT2D eigenvalue weighted by atomic mass is 9.98. The second-order valence-electron chi connectivity index (χ2n) is 8.18. The van der Waals surface area contributed by atoms with Gasteiger partial charge in [-0.1, -0.05) is 12.1 Å². The van der Waals surface area contributed by atoms with E-state index in [4.69, 9.17) is 5.11 Å². The second kappa shape index (κ2) is 9.51. The van der Waals surface area contributed by atoms with Gasteiger partial charge in [-0.05, 0) is 31.0 Å². The van der Waals surface area contributed by atoms with Gasteiger partial charge in [0.1, 0.15) is 5.82 Å². The molecule has 162 valence electrons. The number of aliphatic hydroxyl groups excluding tert-OH is 1. The van der Waals surface area contributed by atoms with E-state index in [1.165, 1.54) is 12.1 Å². The molecule has 1 N–H and O–H groups in total. The molecular formula is C22H29FN4O2S. The number of thiazole rings is 1. The fourth-order valence-corrected chi connectivity index (χ4v) is 5.17. The van der Waals surface area contributed by atoms with Crippen molar-refractivity contribution in [2.75, 3.05) is 45.9 Å². The summed E-state index contributed by atoms with van der Waals surface area (Å²) < 4.78 is 13.5. The van der Waals surface area contributed by atoms with Crippen LogP contribution < -0.4 is 0 Å². The van der Waals surface area contributed by atoms with Crippen LogP contribution in [0.2, 0.25) is 0 Å². The molecule has 2 aromatic rings. The molecule has 2 fully saturated rings. The van der Waals surface area contributed by atoms with E-state index in [0.29, 0.717) is 32.7 Å². The summed E-state index contributed by atoms with van der Waals surface area (Å²) in [7, 11) is 0. The number of likely N-dealkylation sites (tertiary alicyclic amines) is 1. The number of benzene rings is 1. The number of aliphatic hydroxyl groups is 1. The van der Waals surface area contributed by atoms with Crippen molar-refractivity contribution in [1.29, 1.82) is 0 Å². The van der Waals surface area contributed by atoms with Gasteiger partial charge < -0.3 is 10.0 Å². The van der Waals surface area contributed by atoms with Crippen LogP contribution in [-0.2, 0) is 11.3 Å². The molecule has 6 nitrogen and oxygen atoms in total. The third-order valence-electron chi connectivity index (χ3n) is 6.14. The van der Waals surface area contributed by atoms with Crippen LogP contribution in [0.5, 0.6) is 0 Å². The molecule has 4 rings (SSSR count). The van der Waals surface area contributed by atoms with Crippen molar-refractivity contribution < 1.29 is 14.3 Å². The van der Waals surface area contributed by atoms with Crippen molar-refractivity contribution in [3.63, 3.8) is 0 Å². The summed E-state index contributed by atoms with van der Waals surface area (Å²) >= 11 is 1.64. The number of hydrogen-bond donors (Lipinski definition) is 1. The maximum Gasteiger partial charge on any atom is 0.227 e. The molecule has 1 aromatic heterocycles. The number of nitrogens with zero attached hydrogens (tertiary/aromatic N) is 4. The lowest BCUT2D eigenvalue weighted by molar-refractivity contribution is -0.137. The maximum atomic E-state index is 13.5. The summed E-state index contributed by atoms with van der Waals surface area (Å²) in [5, 5.41) is 12.2. The van der Waals surface area contributed by atoms with Gasteiger partial charge in [-0.2, -0.15) is 0 Å². The molecule has 0 spiro atoms. The topological polar surface area (TPSA) is 59.9 Å². The maximum absolute atomic E-state index is 13.5. The van der Waals surface area contributed by atoms with E-state index in [0.717, 1.165) is 35.8 Å². The van der Waals surface area contributed by atoms with Crippen molar-refractivity contribution >= 4 is 17.2 Å². The van der Waals surface area contributed by atoms with E-state index in [1.54, 1.807) is 11.3 Å². The molecule has 2 aliphatic heterocycles. The average molecular weight is 433 g/mol. The minimum Gasteiger partial charge on any atom is -0.395 e. The highest BCUT2D eigenvalue weighted by atomic mass is 32.1. The van der Waals surface area contributed by atoms with Crippen molar-refractivity contribution in [1.82, 2.24) is 19.7 Å². The Morgan fingerprint density at radius 1 is 1.23 bits per heavy atom. The smallest absolute Gasteiger partial charge is 0.227 e. The summed E-state index contributed by atoms with van der Waals surface area (Å²) in [6.07, 6.45) is 0.741. The molecule has 1 amide bonds. The van der Waals surface area contributed by atoms with E-state index < -0.39 is 0 Å². The van der Waals surface area contributed by atoms with Crippen LogP contribution in [0.1, 0.15) is 28.7 Å². The number of halogens is 1. The number of amides is 1. The average Bonchev–Trinajstić information content (AvgIpc) is 3.35. The van der Waals surface area contributed by atoms with E-state index in [-0.39, 0.29) is 30.3 Å². The Bertz CT molecular complexity index is 851. The number of rotatable bonds is 6. The predicted octanol–water partition coefficient (Wildman–Crippen LogP) is 2.29. The highest BCUT2D eigenvalue weighted by Gasteiger charge is 2.39. The van der Waals surface area contributed by atoms with Gasteiger partial charge in [0.15, 0.2) is 0 Å². The summed E-state index contributed by atoms with van der Waals surface area (Å²) in [5.41, 5.74) is 2.07. The van der Waals surface area contributed by atoms with Crippen LogP contribution in [0, 0.1) is 18.7 Å². The Kier molecular flexibility index (Phi) is 6.77. The SMILES string of the molecule is Cc1nc(CN2C[C@H](C(=O)N3CCN(CCO)CC3)C[C@@H]2c2ccc(F)cc2)cs1. The lowest BCUT2D eigenvalue weighted by Crippen LogP contribution is -2.51. The summed E-state index contributed by atoms with van der Waals surface area (Å²) in [4.78, 5) is 24.3. The monoisotopic (exact) mass is 432 g/mol. The van der Waals surface area contributed by atoms with Gasteiger partial charge in [-0.3, -0.25) is 14.6 Å². The van der Waals surface area contributed by atoms with Crippen LogP contribution in [0.3, 0.4) is 0 Å². The molecule has 0 saturated carbocycles. The molecule has 0 unspecified atom stereocenters. The van der Waals surface area contributed by atoms with Gasteiger partial charge in [0.2, 0.25) is 5.91 Å². The standard InChI is InChI=1S/C22H29FN4O2S/c1-16-24-20(15-30-16)14-27-13-18(12-21(27)17-2-4-19(23)5-3-17)22(29)26-8-6-25(7-9-26)10-11-28/h2-5,15,18,21,28H,6-14H2,1H3/t18-,21-/m1/s1. The largest absolute Gasteiger partial charge is 0.395 e. The van der Waals surface area contributed by atoms with Crippen LogP contribution in [0.15, 0.2) is 29.6 Å². The summed E-state index contributed by atoms with van der Waals surface area (Å²) in [5.74, 6) is -0.0984. The fourth-order valence-electron chi connectivity index (χ4n) is 4.57. The molecule has 2 saturated heterocycles. The minimum absolute atomic E-state index is 0.0656. The zero-order valence-corrected chi connectivity index (χ0v) is 18.2. The molecule has 8 heteroatoms. The Morgan fingerprint density at radius 3 is 2.60 bits per heavy atom. The molecule has 1 aromatic carbocycles.